The van der Waals surface area contributed by atoms with E-state index in [0.29, 0.717) is 33.2 Å². The highest BCUT2D eigenvalue weighted by Crippen LogP contribution is 2.25. The van der Waals surface area contributed by atoms with Gasteiger partial charge in [0.2, 0.25) is 5.88 Å². The highest BCUT2D eigenvalue weighted by atomic mass is 35.5. The summed E-state index contributed by atoms with van der Waals surface area (Å²) in [5.74, 6) is -0.203. The molecule has 0 fully saturated rings. The van der Waals surface area contributed by atoms with Crippen molar-refractivity contribution in [2.24, 2.45) is 0 Å². The summed E-state index contributed by atoms with van der Waals surface area (Å²) < 4.78 is 10.6. The van der Waals surface area contributed by atoms with Crippen LogP contribution < -0.4 is 4.74 Å². The fourth-order valence-electron chi connectivity index (χ4n) is 2.23. The number of rotatable bonds is 5. The molecule has 122 valence electrons. The van der Waals surface area contributed by atoms with Gasteiger partial charge in [-0.05, 0) is 35.9 Å². The molecule has 1 N–H and O–H groups in total. The van der Waals surface area contributed by atoms with Crippen molar-refractivity contribution in [1.29, 1.82) is 0 Å². The van der Waals surface area contributed by atoms with Gasteiger partial charge in [0.25, 0.3) is 0 Å². The topological polar surface area (TPSA) is 81.5 Å². The number of nitrogens with zero attached hydrogens (tertiary/aromatic N) is 2. The van der Waals surface area contributed by atoms with Crippen LogP contribution in [0.1, 0.15) is 11.7 Å². The largest absolute Gasteiger partial charge is 0.479 e. The van der Waals surface area contributed by atoms with E-state index in [1.165, 1.54) is 13.3 Å². The zero-order valence-electron chi connectivity index (χ0n) is 12.6. The summed E-state index contributed by atoms with van der Waals surface area (Å²) in [6.45, 7) is 0. The van der Waals surface area contributed by atoms with Gasteiger partial charge in [0, 0.05) is 12.1 Å². The molecular formula is C17H13ClN2O4. The highest BCUT2D eigenvalue weighted by molar-refractivity contribution is 6.31. The first kappa shape index (κ1) is 16.2. The number of hydrogen-bond acceptors (Lipinski definition) is 5. The van der Waals surface area contributed by atoms with Crippen LogP contribution >= 0.6 is 11.6 Å². The molecule has 1 unspecified atom stereocenters. The van der Waals surface area contributed by atoms with Gasteiger partial charge >= 0.3 is 5.97 Å². The first-order valence-corrected chi connectivity index (χ1v) is 7.40. The number of aromatic nitrogens is 2. The van der Waals surface area contributed by atoms with E-state index in [0.717, 1.165) is 0 Å². The highest BCUT2D eigenvalue weighted by Gasteiger charge is 2.18. The van der Waals surface area contributed by atoms with Crippen LogP contribution in [0.5, 0.6) is 11.6 Å². The van der Waals surface area contributed by atoms with Crippen LogP contribution in [0, 0.1) is 0 Å². The van der Waals surface area contributed by atoms with Crippen LogP contribution in [0.4, 0.5) is 0 Å². The number of halogens is 1. The van der Waals surface area contributed by atoms with Gasteiger partial charge in [-0.15, -0.1) is 0 Å². The van der Waals surface area contributed by atoms with Gasteiger partial charge in [-0.1, -0.05) is 23.7 Å². The molecule has 6 nitrogen and oxygen atoms in total. The number of aliphatic carboxylic acids is 1. The minimum absolute atomic E-state index is 0.332. The Morgan fingerprint density at radius 1 is 1.17 bits per heavy atom. The van der Waals surface area contributed by atoms with Crippen molar-refractivity contribution >= 4 is 28.6 Å². The molecule has 0 saturated carbocycles. The lowest BCUT2D eigenvalue weighted by molar-refractivity contribution is -0.148. The molecular weight excluding hydrogens is 332 g/mol. The molecule has 3 aromatic rings. The van der Waals surface area contributed by atoms with Gasteiger partial charge < -0.3 is 14.6 Å². The summed E-state index contributed by atoms with van der Waals surface area (Å²) in [6, 6.07) is 11.8. The number of carboxylic acid groups (broad SMARTS) is 1. The maximum absolute atomic E-state index is 11.1. The smallest absolute Gasteiger partial charge is 0.337 e. The van der Waals surface area contributed by atoms with Crippen molar-refractivity contribution in [2.75, 3.05) is 7.11 Å². The Labute approximate surface area is 142 Å². The number of carbonyl (C=O) groups is 1. The Bertz CT molecular complexity index is 883. The summed E-state index contributed by atoms with van der Waals surface area (Å²) in [6.07, 6.45) is 0.492. The summed E-state index contributed by atoms with van der Waals surface area (Å²) in [5, 5.41) is 9.66. The molecule has 0 amide bonds. The molecule has 1 atom stereocenters. The molecule has 0 aliphatic carbocycles. The fourth-order valence-corrected chi connectivity index (χ4v) is 2.39. The molecule has 0 radical (unpaired) electrons. The predicted octanol–water partition coefficient (Wildman–Crippen LogP) is 3.85. The van der Waals surface area contributed by atoms with Crippen molar-refractivity contribution in [3.8, 4) is 11.6 Å². The SMILES string of the molecule is COC(C(=O)O)c1ccc(Oc2cnc3cc(Cl)ccc3n2)cc1. The van der Waals surface area contributed by atoms with Gasteiger partial charge in [-0.25, -0.2) is 14.8 Å². The number of benzene rings is 2. The lowest BCUT2D eigenvalue weighted by Crippen LogP contribution is -2.13. The van der Waals surface area contributed by atoms with Crippen LogP contribution in [0.2, 0.25) is 5.02 Å². The Morgan fingerprint density at radius 3 is 2.58 bits per heavy atom. The Kier molecular flexibility index (Phi) is 4.59. The van der Waals surface area contributed by atoms with Crippen LogP contribution in [-0.2, 0) is 9.53 Å². The second kappa shape index (κ2) is 6.82. The normalized spacial score (nSPS) is 12.1. The molecule has 1 aromatic heterocycles. The predicted molar refractivity (Wildman–Crippen MR) is 88.4 cm³/mol. The summed E-state index contributed by atoms with van der Waals surface area (Å²) in [4.78, 5) is 19.7. The quantitative estimate of drug-likeness (QED) is 0.757. The van der Waals surface area contributed by atoms with E-state index in [9.17, 15) is 4.79 Å². The molecule has 24 heavy (non-hydrogen) atoms. The van der Waals surface area contributed by atoms with Crippen LogP contribution in [0.25, 0.3) is 11.0 Å². The lowest BCUT2D eigenvalue weighted by atomic mass is 10.1. The molecule has 2 aromatic carbocycles. The molecule has 0 bridgehead atoms. The van der Waals surface area contributed by atoms with Crippen LogP contribution in [0.3, 0.4) is 0 Å². The van der Waals surface area contributed by atoms with Crippen molar-refractivity contribution in [2.45, 2.75) is 6.10 Å². The van der Waals surface area contributed by atoms with Crippen molar-refractivity contribution in [3.63, 3.8) is 0 Å². The van der Waals surface area contributed by atoms with E-state index in [1.54, 1.807) is 42.5 Å². The first-order chi connectivity index (χ1) is 11.6. The molecule has 0 spiro atoms. The molecule has 0 saturated heterocycles. The van der Waals surface area contributed by atoms with Crippen molar-refractivity contribution in [3.05, 3.63) is 59.2 Å². The number of carboxylic acids is 1. The number of hydrogen-bond donors (Lipinski definition) is 1. The van der Waals surface area contributed by atoms with E-state index in [1.807, 2.05) is 0 Å². The van der Waals surface area contributed by atoms with Gasteiger partial charge in [0.1, 0.15) is 5.75 Å². The van der Waals surface area contributed by atoms with E-state index < -0.39 is 12.1 Å². The summed E-state index contributed by atoms with van der Waals surface area (Å²) >= 11 is 5.91. The fraction of sp³-hybridized carbons (Fsp3) is 0.118. The standard InChI is InChI=1S/C17H13ClN2O4/c1-23-16(17(21)22)10-2-5-12(6-3-10)24-15-9-19-14-8-11(18)4-7-13(14)20-15/h2-9,16H,1H3,(H,21,22). The van der Waals surface area contributed by atoms with E-state index in [4.69, 9.17) is 26.2 Å². The van der Waals surface area contributed by atoms with Crippen LogP contribution in [-0.4, -0.2) is 28.2 Å². The lowest BCUT2D eigenvalue weighted by Gasteiger charge is -2.11. The minimum Gasteiger partial charge on any atom is -0.479 e. The Morgan fingerprint density at radius 2 is 1.92 bits per heavy atom. The number of methoxy groups -OCH3 is 1. The summed E-state index contributed by atoms with van der Waals surface area (Å²) in [5.41, 5.74) is 1.87. The van der Waals surface area contributed by atoms with E-state index in [2.05, 4.69) is 9.97 Å². The van der Waals surface area contributed by atoms with E-state index >= 15 is 0 Å². The zero-order chi connectivity index (χ0) is 17.1. The van der Waals surface area contributed by atoms with Gasteiger partial charge in [-0.3, -0.25) is 0 Å². The molecule has 0 aliphatic heterocycles. The average Bonchev–Trinajstić information content (AvgIpc) is 2.57. The molecule has 1 heterocycles. The van der Waals surface area contributed by atoms with Gasteiger partial charge in [0.15, 0.2) is 6.10 Å². The van der Waals surface area contributed by atoms with Gasteiger partial charge in [-0.2, -0.15) is 0 Å². The van der Waals surface area contributed by atoms with Crippen molar-refractivity contribution < 1.29 is 19.4 Å². The average molecular weight is 345 g/mol. The Hall–Kier alpha value is -2.70. The third-order valence-corrected chi connectivity index (χ3v) is 3.58. The first-order valence-electron chi connectivity index (χ1n) is 7.02. The third kappa shape index (κ3) is 3.45. The van der Waals surface area contributed by atoms with Crippen LogP contribution in [0.15, 0.2) is 48.7 Å². The summed E-state index contributed by atoms with van der Waals surface area (Å²) in [7, 11) is 1.35. The van der Waals surface area contributed by atoms with Gasteiger partial charge in [0.05, 0.1) is 17.2 Å². The zero-order valence-corrected chi connectivity index (χ0v) is 13.4. The molecule has 7 heteroatoms. The van der Waals surface area contributed by atoms with E-state index in [-0.39, 0.29) is 0 Å². The molecule has 0 aliphatic rings. The maximum Gasteiger partial charge on any atom is 0.337 e. The molecule has 3 rings (SSSR count). The monoisotopic (exact) mass is 344 g/mol. The second-order valence-electron chi connectivity index (χ2n) is 4.97. The Balaban J connectivity index is 1.81. The number of fused-ring (bicyclic) bond motifs is 1. The number of ether oxygens (including phenoxy) is 2. The minimum atomic E-state index is -1.05. The maximum atomic E-state index is 11.1. The third-order valence-electron chi connectivity index (χ3n) is 3.35. The second-order valence-corrected chi connectivity index (χ2v) is 5.40. The van der Waals surface area contributed by atoms with Crippen molar-refractivity contribution in [1.82, 2.24) is 9.97 Å².